The zero-order chi connectivity index (χ0) is 20.6. The van der Waals surface area contributed by atoms with Gasteiger partial charge in [0, 0.05) is 24.6 Å². The Balaban J connectivity index is 1.56. The Morgan fingerprint density at radius 2 is 1.59 bits per heavy atom. The number of anilines is 2. The summed E-state index contributed by atoms with van der Waals surface area (Å²) in [7, 11) is 0. The minimum atomic E-state index is -0.365. The van der Waals surface area contributed by atoms with E-state index in [1.807, 2.05) is 31.2 Å². The van der Waals surface area contributed by atoms with Crippen LogP contribution in [-0.4, -0.2) is 28.5 Å². The van der Waals surface area contributed by atoms with E-state index in [2.05, 4.69) is 20.6 Å². The van der Waals surface area contributed by atoms with Crippen LogP contribution in [-0.2, 0) is 11.3 Å². The van der Waals surface area contributed by atoms with E-state index < -0.39 is 0 Å². The first kappa shape index (κ1) is 20.0. The van der Waals surface area contributed by atoms with Crippen LogP contribution in [0.4, 0.5) is 11.6 Å². The summed E-state index contributed by atoms with van der Waals surface area (Å²) >= 11 is 0. The van der Waals surface area contributed by atoms with Gasteiger partial charge in [-0.05, 0) is 43.7 Å². The third kappa shape index (κ3) is 5.62. The average Bonchev–Trinajstić information content (AvgIpc) is 2.74. The molecule has 1 amide bonds. The number of aryl methyl sites for hydroxylation is 1. The number of carbonyl (C=O) groups is 2. The molecule has 1 heterocycles. The molecule has 0 saturated carbocycles. The SMILES string of the molecule is CCOC(=O)c1ccc(Nc2ncc(C(=O)NCc3ccc(C)cc3)cn2)cc1. The highest BCUT2D eigenvalue weighted by Gasteiger charge is 2.08. The summed E-state index contributed by atoms with van der Waals surface area (Å²) in [4.78, 5) is 32.3. The molecule has 0 bridgehead atoms. The third-order valence-electron chi connectivity index (χ3n) is 4.14. The zero-order valence-electron chi connectivity index (χ0n) is 16.3. The fourth-order valence-electron chi connectivity index (χ4n) is 2.53. The molecule has 0 aliphatic carbocycles. The van der Waals surface area contributed by atoms with Gasteiger partial charge in [0.2, 0.25) is 5.95 Å². The van der Waals surface area contributed by atoms with E-state index in [0.29, 0.717) is 30.2 Å². The number of amides is 1. The second kappa shape index (κ2) is 9.45. The topological polar surface area (TPSA) is 93.2 Å². The number of carbonyl (C=O) groups excluding carboxylic acids is 2. The summed E-state index contributed by atoms with van der Waals surface area (Å²) in [5.41, 5.74) is 3.76. The first-order chi connectivity index (χ1) is 14.0. The van der Waals surface area contributed by atoms with Crippen molar-refractivity contribution in [3.63, 3.8) is 0 Å². The predicted molar refractivity (Wildman–Crippen MR) is 110 cm³/mol. The second-order valence-corrected chi connectivity index (χ2v) is 6.39. The maximum absolute atomic E-state index is 12.3. The standard InChI is InChI=1S/C22H22N4O3/c1-3-29-21(28)17-8-10-19(11-9-17)26-22-24-13-18(14-25-22)20(27)23-12-16-6-4-15(2)5-7-16/h4-11,13-14H,3,12H2,1-2H3,(H,23,27)(H,24,25,26). The van der Waals surface area contributed by atoms with Gasteiger partial charge in [-0.1, -0.05) is 29.8 Å². The molecule has 0 saturated heterocycles. The second-order valence-electron chi connectivity index (χ2n) is 6.39. The summed E-state index contributed by atoms with van der Waals surface area (Å²) in [5, 5.41) is 5.87. The molecule has 2 N–H and O–H groups in total. The molecule has 29 heavy (non-hydrogen) atoms. The lowest BCUT2D eigenvalue weighted by Crippen LogP contribution is -2.23. The molecule has 148 valence electrons. The van der Waals surface area contributed by atoms with Gasteiger partial charge in [-0.3, -0.25) is 4.79 Å². The van der Waals surface area contributed by atoms with Gasteiger partial charge in [-0.25, -0.2) is 14.8 Å². The summed E-state index contributed by atoms with van der Waals surface area (Å²) < 4.78 is 4.95. The molecule has 0 fully saturated rings. The van der Waals surface area contributed by atoms with Crippen LogP contribution in [0.2, 0.25) is 0 Å². The molecule has 7 heteroatoms. The summed E-state index contributed by atoms with van der Waals surface area (Å²) in [6, 6.07) is 14.8. The van der Waals surface area contributed by atoms with E-state index in [-0.39, 0.29) is 11.9 Å². The molecule has 2 aromatic carbocycles. The molecule has 0 radical (unpaired) electrons. The normalized spacial score (nSPS) is 10.3. The molecule has 0 aliphatic rings. The molecule has 3 rings (SSSR count). The van der Waals surface area contributed by atoms with Crippen LogP contribution in [0, 0.1) is 6.92 Å². The largest absolute Gasteiger partial charge is 0.462 e. The molecule has 7 nitrogen and oxygen atoms in total. The Labute approximate surface area is 169 Å². The van der Waals surface area contributed by atoms with Crippen LogP contribution in [0.3, 0.4) is 0 Å². The Bertz CT molecular complexity index is 968. The number of esters is 1. The highest BCUT2D eigenvalue weighted by Crippen LogP contribution is 2.14. The van der Waals surface area contributed by atoms with Crippen LogP contribution in [0.1, 0.15) is 38.8 Å². The lowest BCUT2D eigenvalue weighted by Gasteiger charge is -2.08. The van der Waals surface area contributed by atoms with Gasteiger partial charge in [0.25, 0.3) is 5.91 Å². The quantitative estimate of drug-likeness (QED) is 0.599. The van der Waals surface area contributed by atoms with Crippen molar-refractivity contribution < 1.29 is 14.3 Å². The summed E-state index contributed by atoms with van der Waals surface area (Å²) in [6.07, 6.45) is 2.93. The molecule has 0 unspecified atom stereocenters. The molecule has 0 spiro atoms. The molecular formula is C22H22N4O3. The number of nitrogens with zero attached hydrogens (tertiary/aromatic N) is 2. The molecule has 0 aliphatic heterocycles. The number of hydrogen-bond donors (Lipinski definition) is 2. The molecule has 1 aromatic heterocycles. The van der Waals surface area contributed by atoms with Crippen molar-refractivity contribution in [3.8, 4) is 0 Å². The monoisotopic (exact) mass is 390 g/mol. The number of benzene rings is 2. The van der Waals surface area contributed by atoms with Gasteiger partial charge >= 0.3 is 5.97 Å². The van der Waals surface area contributed by atoms with E-state index in [1.54, 1.807) is 31.2 Å². The van der Waals surface area contributed by atoms with Crippen LogP contribution < -0.4 is 10.6 Å². The lowest BCUT2D eigenvalue weighted by molar-refractivity contribution is 0.0526. The number of aromatic nitrogens is 2. The number of ether oxygens (including phenoxy) is 1. The lowest BCUT2D eigenvalue weighted by atomic mass is 10.1. The van der Waals surface area contributed by atoms with Crippen molar-refractivity contribution in [2.45, 2.75) is 20.4 Å². The van der Waals surface area contributed by atoms with Crippen molar-refractivity contribution in [2.75, 3.05) is 11.9 Å². The Hall–Kier alpha value is -3.74. The maximum atomic E-state index is 12.3. The van der Waals surface area contributed by atoms with Crippen molar-refractivity contribution in [1.82, 2.24) is 15.3 Å². The van der Waals surface area contributed by atoms with Gasteiger partial charge in [-0.15, -0.1) is 0 Å². The van der Waals surface area contributed by atoms with Crippen molar-refractivity contribution in [3.05, 3.63) is 83.2 Å². The Morgan fingerprint density at radius 3 is 2.21 bits per heavy atom. The summed E-state index contributed by atoms with van der Waals surface area (Å²) in [5.74, 6) is -0.254. The smallest absolute Gasteiger partial charge is 0.338 e. The van der Waals surface area contributed by atoms with Crippen LogP contribution in [0.5, 0.6) is 0 Å². The minimum absolute atomic E-state index is 0.240. The van der Waals surface area contributed by atoms with Crippen molar-refractivity contribution in [1.29, 1.82) is 0 Å². The summed E-state index contributed by atoms with van der Waals surface area (Å²) in [6.45, 7) is 4.55. The van der Waals surface area contributed by atoms with Crippen molar-refractivity contribution >= 4 is 23.5 Å². The van der Waals surface area contributed by atoms with Crippen LogP contribution in [0.15, 0.2) is 60.9 Å². The van der Waals surface area contributed by atoms with Gasteiger partial charge < -0.3 is 15.4 Å². The number of nitrogens with one attached hydrogen (secondary N) is 2. The predicted octanol–water partition coefficient (Wildman–Crippen LogP) is 3.64. The van der Waals surface area contributed by atoms with Gasteiger partial charge in [0.1, 0.15) is 0 Å². The molecule has 0 atom stereocenters. The fraction of sp³-hybridized carbons (Fsp3) is 0.182. The van der Waals surface area contributed by atoms with E-state index in [0.717, 1.165) is 11.3 Å². The first-order valence-electron chi connectivity index (χ1n) is 9.25. The van der Waals surface area contributed by atoms with E-state index in [1.165, 1.54) is 18.0 Å². The number of rotatable bonds is 7. The Kier molecular flexibility index (Phi) is 6.52. The van der Waals surface area contributed by atoms with Gasteiger partial charge in [-0.2, -0.15) is 0 Å². The van der Waals surface area contributed by atoms with E-state index in [4.69, 9.17) is 4.74 Å². The first-order valence-corrected chi connectivity index (χ1v) is 9.25. The molecule has 3 aromatic rings. The van der Waals surface area contributed by atoms with Crippen LogP contribution in [0.25, 0.3) is 0 Å². The maximum Gasteiger partial charge on any atom is 0.338 e. The van der Waals surface area contributed by atoms with Crippen LogP contribution >= 0.6 is 0 Å². The number of hydrogen-bond acceptors (Lipinski definition) is 6. The Morgan fingerprint density at radius 1 is 0.931 bits per heavy atom. The average molecular weight is 390 g/mol. The van der Waals surface area contributed by atoms with Gasteiger partial charge in [0.05, 0.1) is 17.7 Å². The fourth-order valence-corrected chi connectivity index (χ4v) is 2.53. The van der Waals surface area contributed by atoms with Gasteiger partial charge in [0.15, 0.2) is 0 Å². The third-order valence-corrected chi connectivity index (χ3v) is 4.14. The highest BCUT2D eigenvalue weighted by atomic mass is 16.5. The molecular weight excluding hydrogens is 368 g/mol. The highest BCUT2D eigenvalue weighted by molar-refractivity contribution is 5.93. The van der Waals surface area contributed by atoms with Crippen molar-refractivity contribution in [2.24, 2.45) is 0 Å². The minimum Gasteiger partial charge on any atom is -0.462 e. The zero-order valence-corrected chi connectivity index (χ0v) is 16.3. The van der Waals surface area contributed by atoms with E-state index in [9.17, 15) is 9.59 Å². The van der Waals surface area contributed by atoms with E-state index >= 15 is 0 Å².